The molecule has 2 fully saturated rings. The summed E-state index contributed by atoms with van der Waals surface area (Å²) in [7, 11) is 1.54. The van der Waals surface area contributed by atoms with E-state index in [1.165, 1.54) is 14.9 Å². The van der Waals surface area contributed by atoms with Crippen molar-refractivity contribution in [2.24, 2.45) is 0 Å². The summed E-state index contributed by atoms with van der Waals surface area (Å²) in [6.45, 7) is 0.460. The van der Waals surface area contributed by atoms with Crippen molar-refractivity contribution >= 4 is 28.7 Å². The Morgan fingerprint density at radius 1 is 0.902 bits per heavy atom. The molecule has 0 aromatic heterocycles. The van der Waals surface area contributed by atoms with Gasteiger partial charge < -0.3 is 15.7 Å². The van der Waals surface area contributed by atoms with Crippen LogP contribution in [-0.4, -0.2) is 63.8 Å². The van der Waals surface area contributed by atoms with Crippen LogP contribution in [0.15, 0.2) is 97.1 Å². The largest absolute Gasteiger partial charge is 0.384 e. The lowest BCUT2D eigenvalue weighted by atomic mass is 9.95. The van der Waals surface area contributed by atoms with E-state index in [4.69, 9.17) is 0 Å². The minimum atomic E-state index is -0.786. The molecule has 3 N–H and O–H groups in total. The number of nitrogens with one attached hydrogen (secondary N) is 2. The molecule has 9 nitrogen and oxygen atoms in total. The highest BCUT2D eigenvalue weighted by molar-refractivity contribution is 5.92. The number of benzene rings is 4. The van der Waals surface area contributed by atoms with Gasteiger partial charge in [0.05, 0.1) is 6.54 Å². The number of hydrogen-bond donors (Lipinski definition) is 3. The second-order valence-corrected chi connectivity index (χ2v) is 10.4. The zero-order valence-electron chi connectivity index (χ0n) is 22.6. The first-order valence-corrected chi connectivity index (χ1v) is 13.6. The number of hydrazine groups is 1. The van der Waals surface area contributed by atoms with Crippen molar-refractivity contribution in [2.45, 2.75) is 31.3 Å². The Hall–Kier alpha value is -4.89. The smallest absolute Gasteiger partial charge is 0.341 e. The number of carbonyl (C=O) groups is 3. The summed E-state index contributed by atoms with van der Waals surface area (Å²) in [4.78, 5) is 41.1. The molecule has 0 aliphatic carbocycles. The van der Waals surface area contributed by atoms with Gasteiger partial charge in [-0.1, -0.05) is 91.0 Å². The number of nitrogens with zero attached hydrogens (tertiary/aromatic N) is 3. The number of fused-ring (bicyclic) bond motifs is 2. The molecule has 5 amide bonds. The van der Waals surface area contributed by atoms with Gasteiger partial charge in [0.15, 0.2) is 0 Å². The normalized spacial score (nSPS) is 19.2. The summed E-state index contributed by atoms with van der Waals surface area (Å²) in [6, 6.07) is 29.1. The summed E-state index contributed by atoms with van der Waals surface area (Å²) in [5.41, 5.74) is 3.38. The van der Waals surface area contributed by atoms with Crippen LogP contribution in [0.25, 0.3) is 10.8 Å². The topological polar surface area (TPSA) is 105 Å². The van der Waals surface area contributed by atoms with Crippen molar-refractivity contribution in [3.8, 4) is 0 Å². The summed E-state index contributed by atoms with van der Waals surface area (Å²) in [6.07, 6.45) is -1.12. The fourth-order valence-electron chi connectivity index (χ4n) is 5.65. The zero-order valence-corrected chi connectivity index (χ0v) is 22.6. The standard InChI is InChI=1S/C32H31N5O4/c1-35-32(41)36-27(30(39)33-20-28(36)37(35)31(40)34-19-21-8-4-2-5-9-21)17-22-12-13-23-14-15-25(18-26(23)16-22)29(38)24-10-6-3-7-11-24/h2-16,18,27-29,38H,17,19-20H2,1H3,(H,33,39)(H,34,40). The van der Waals surface area contributed by atoms with Crippen LogP contribution in [0.2, 0.25) is 0 Å². The molecule has 4 aromatic rings. The van der Waals surface area contributed by atoms with E-state index in [1.54, 1.807) is 7.05 Å². The van der Waals surface area contributed by atoms with Crippen molar-refractivity contribution in [1.82, 2.24) is 25.6 Å². The molecule has 2 aliphatic rings. The second kappa shape index (κ2) is 10.9. The second-order valence-electron chi connectivity index (χ2n) is 10.4. The Morgan fingerprint density at radius 2 is 1.61 bits per heavy atom. The van der Waals surface area contributed by atoms with Gasteiger partial charge in [0.2, 0.25) is 5.91 Å². The average molecular weight is 550 g/mol. The Morgan fingerprint density at radius 3 is 2.37 bits per heavy atom. The van der Waals surface area contributed by atoms with Crippen LogP contribution in [0.5, 0.6) is 0 Å². The average Bonchev–Trinajstić information content (AvgIpc) is 3.27. The third-order valence-electron chi connectivity index (χ3n) is 7.81. The fourth-order valence-corrected chi connectivity index (χ4v) is 5.65. The minimum Gasteiger partial charge on any atom is -0.384 e. The lowest BCUT2D eigenvalue weighted by Gasteiger charge is -2.37. The van der Waals surface area contributed by atoms with Gasteiger partial charge in [-0.05, 0) is 39.1 Å². The summed E-state index contributed by atoms with van der Waals surface area (Å²) in [5, 5.41) is 21.2. The number of aliphatic hydroxyl groups is 1. The van der Waals surface area contributed by atoms with E-state index in [2.05, 4.69) is 10.6 Å². The fraction of sp³-hybridized carbons (Fsp3) is 0.219. The number of amides is 5. The highest BCUT2D eigenvalue weighted by Gasteiger charge is 2.52. The van der Waals surface area contributed by atoms with Gasteiger partial charge in [-0.25, -0.2) is 19.6 Å². The number of rotatable bonds is 6. The van der Waals surface area contributed by atoms with Gasteiger partial charge in [-0.2, -0.15) is 0 Å². The van der Waals surface area contributed by atoms with Crippen LogP contribution in [0.1, 0.15) is 28.4 Å². The summed E-state index contributed by atoms with van der Waals surface area (Å²) in [5.74, 6) is -0.261. The van der Waals surface area contributed by atoms with Crippen LogP contribution in [0.3, 0.4) is 0 Å². The Bertz CT molecular complexity index is 1600. The summed E-state index contributed by atoms with van der Waals surface area (Å²) >= 11 is 0. The lowest BCUT2D eigenvalue weighted by Crippen LogP contribution is -2.63. The van der Waals surface area contributed by atoms with E-state index in [-0.39, 0.29) is 18.9 Å². The molecule has 3 unspecified atom stereocenters. The molecule has 0 saturated carbocycles. The maximum atomic E-state index is 13.4. The van der Waals surface area contributed by atoms with Crippen molar-refractivity contribution < 1.29 is 19.5 Å². The molecule has 2 aliphatic heterocycles. The SMILES string of the molecule is CN1C(=O)N2C(Cc3ccc4ccc(C(O)c5ccccc5)cc4c3)C(=O)NCC2N1C(=O)NCc1ccccc1. The van der Waals surface area contributed by atoms with Gasteiger partial charge in [0.1, 0.15) is 18.3 Å². The van der Waals surface area contributed by atoms with Crippen LogP contribution in [0.4, 0.5) is 9.59 Å². The van der Waals surface area contributed by atoms with E-state index >= 15 is 0 Å². The molecule has 2 heterocycles. The molecule has 0 bridgehead atoms. The minimum absolute atomic E-state index is 0.141. The first-order chi connectivity index (χ1) is 19.9. The van der Waals surface area contributed by atoms with Gasteiger partial charge >= 0.3 is 12.1 Å². The molecule has 4 aromatic carbocycles. The quantitative estimate of drug-likeness (QED) is 0.340. The predicted molar refractivity (Wildman–Crippen MR) is 154 cm³/mol. The molecule has 3 atom stereocenters. The van der Waals surface area contributed by atoms with Gasteiger partial charge in [-0.3, -0.25) is 9.69 Å². The number of aliphatic hydroxyl groups excluding tert-OH is 1. The van der Waals surface area contributed by atoms with E-state index in [9.17, 15) is 19.5 Å². The van der Waals surface area contributed by atoms with Crippen molar-refractivity contribution in [1.29, 1.82) is 0 Å². The first-order valence-electron chi connectivity index (χ1n) is 13.6. The Labute approximate surface area is 237 Å². The third kappa shape index (κ3) is 5.07. The molecule has 6 rings (SSSR count). The van der Waals surface area contributed by atoms with Crippen LogP contribution in [-0.2, 0) is 17.8 Å². The molecule has 2 saturated heterocycles. The molecular weight excluding hydrogens is 518 g/mol. The van der Waals surface area contributed by atoms with Gasteiger partial charge in [0, 0.05) is 20.0 Å². The Balaban J connectivity index is 1.22. The molecule has 0 spiro atoms. The highest BCUT2D eigenvalue weighted by atomic mass is 16.3. The number of piperazine rings is 1. The predicted octanol–water partition coefficient (Wildman–Crippen LogP) is 3.78. The van der Waals surface area contributed by atoms with Crippen molar-refractivity contribution in [2.75, 3.05) is 13.6 Å². The Kier molecular flexibility index (Phi) is 7.03. The van der Waals surface area contributed by atoms with E-state index in [0.717, 1.165) is 33.0 Å². The van der Waals surface area contributed by atoms with Crippen molar-refractivity contribution in [3.05, 3.63) is 119 Å². The zero-order chi connectivity index (χ0) is 28.5. The van der Waals surface area contributed by atoms with Crippen LogP contribution < -0.4 is 10.6 Å². The monoisotopic (exact) mass is 549 g/mol. The molecule has 41 heavy (non-hydrogen) atoms. The van der Waals surface area contributed by atoms with Gasteiger partial charge in [0.25, 0.3) is 0 Å². The first kappa shape index (κ1) is 26.3. The number of hydrogen-bond acceptors (Lipinski definition) is 4. The van der Waals surface area contributed by atoms with E-state index in [1.807, 2.05) is 97.1 Å². The van der Waals surface area contributed by atoms with E-state index in [0.29, 0.717) is 6.54 Å². The number of urea groups is 2. The van der Waals surface area contributed by atoms with Gasteiger partial charge in [-0.15, -0.1) is 0 Å². The maximum Gasteiger partial charge on any atom is 0.341 e. The molecule has 0 radical (unpaired) electrons. The van der Waals surface area contributed by atoms with Crippen LogP contribution in [0, 0.1) is 0 Å². The summed E-state index contributed by atoms with van der Waals surface area (Å²) < 4.78 is 0. The van der Waals surface area contributed by atoms with E-state index < -0.39 is 30.4 Å². The third-order valence-corrected chi connectivity index (χ3v) is 7.81. The lowest BCUT2D eigenvalue weighted by molar-refractivity contribution is -0.130. The molecule has 9 heteroatoms. The molecular formula is C32H31N5O4. The maximum absolute atomic E-state index is 13.4. The van der Waals surface area contributed by atoms with Crippen LogP contribution >= 0.6 is 0 Å². The number of carbonyl (C=O) groups excluding carboxylic acids is 3. The van der Waals surface area contributed by atoms with Crippen molar-refractivity contribution in [3.63, 3.8) is 0 Å². The molecule has 208 valence electrons. The highest BCUT2D eigenvalue weighted by Crippen LogP contribution is 2.30.